The van der Waals surface area contributed by atoms with Gasteiger partial charge in [-0.05, 0) is 76.5 Å². The van der Waals surface area contributed by atoms with E-state index in [2.05, 4.69) is 16.0 Å². The minimum Gasteiger partial charge on any atom is -0.461 e. The number of halogens is 1. The van der Waals surface area contributed by atoms with Gasteiger partial charge in [-0.2, -0.15) is 0 Å². The first-order valence-corrected chi connectivity index (χ1v) is 22.6. The van der Waals surface area contributed by atoms with E-state index in [1.807, 2.05) is 26.0 Å². The van der Waals surface area contributed by atoms with Crippen molar-refractivity contribution < 1.29 is 71.1 Å². The van der Waals surface area contributed by atoms with Crippen molar-refractivity contribution in [3.8, 4) is 0 Å². The van der Waals surface area contributed by atoms with E-state index < -0.39 is 82.3 Å². The Morgan fingerprint density at radius 1 is 0.836 bits per heavy atom. The Kier molecular flexibility index (Phi) is 14.4. The number of hydrogen-bond acceptors (Lipinski definition) is 15. The topological polar surface area (TPSA) is 251 Å². The van der Waals surface area contributed by atoms with Crippen LogP contribution in [0.4, 0.5) is 18.8 Å². The number of furan rings is 1. The third-order valence-electron chi connectivity index (χ3n) is 14.7. The van der Waals surface area contributed by atoms with Crippen molar-refractivity contribution in [2.45, 2.75) is 91.1 Å². The summed E-state index contributed by atoms with van der Waals surface area (Å²) in [5.41, 5.74) is -3.07. The molecule has 0 radical (unpaired) electrons. The van der Waals surface area contributed by atoms with E-state index in [9.17, 15) is 39.0 Å². The highest BCUT2D eigenvalue weighted by molar-refractivity contribution is 6.00. The van der Waals surface area contributed by atoms with Crippen LogP contribution in [-0.4, -0.2) is 117 Å². The number of benzene rings is 1. The minimum absolute atomic E-state index is 0.00433. The molecule has 2 heterocycles. The second-order valence-electron chi connectivity index (χ2n) is 18.5. The molecule has 364 valence electrons. The lowest BCUT2D eigenvalue weighted by Gasteiger charge is -2.62. The molecule has 1 aromatic carbocycles. The Labute approximate surface area is 385 Å². The van der Waals surface area contributed by atoms with E-state index >= 15 is 4.39 Å². The molecule has 0 bridgehead atoms. The number of aliphatic hydroxyl groups is 2. The first-order chi connectivity index (χ1) is 31.8. The number of alkyl carbamates (subject to hydrolysis) is 3. The Balaban J connectivity index is 0.726. The number of aliphatic hydroxyl groups excluding tert-OH is 1. The van der Waals surface area contributed by atoms with Gasteiger partial charge in [0, 0.05) is 64.2 Å². The van der Waals surface area contributed by atoms with Gasteiger partial charge in [0.2, 0.25) is 5.78 Å². The standard InChI is InChI=1S/C48H60FN3O15/c1-26-19-39(56)67-40-28(3)41-33(22-32(26)40)34(29(4)66-41)24-52-44(59)64-18-16-61-13-11-50-42(57)63-17-15-62-14-12-51-43(58)65-25-38(55)48(60)27(2)20-36-35-8-7-30-21-31(53)9-10-45(30,5)47(35,49)37(54)23-46(36,48)6/h7,9-10,19,22,27,35-37,54,60H,8,11-18,20-21,23-25H2,1-6H3,(H,50,57)(H,51,58)(H,52,59)/t27-,35?,36?,37?,45?,46?,47+,48+/m1/s1. The van der Waals surface area contributed by atoms with E-state index in [1.54, 1.807) is 33.8 Å². The SMILES string of the molecule is Cc1oc2c(C)c3oc(=O)cc(C)c3cc2c1CNC(=O)OCCOCCNC(=O)OCCOCCNC(=O)OCC(=O)[C@@]1(O)[C@H](C)CC2C3CC=C4CC(=O)C=CC4(C)[C@@]3(F)C(O)CC21C. The van der Waals surface area contributed by atoms with Crippen LogP contribution in [0, 0.1) is 49.4 Å². The molecular weight excluding hydrogens is 878 g/mol. The van der Waals surface area contributed by atoms with Crippen molar-refractivity contribution in [3.63, 3.8) is 0 Å². The summed E-state index contributed by atoms with van der Waals surface area (Å²) in [4.78, 5) is 74.6. The van der Waals surface area contributed by atoms with Crippen molar-refractivity contribution in [1.82, 2.24) is 16.0 Å². The smallest absolute Gasteiger partial charge is 0.407 e. The first kappa shape index (κ1) is 49.3. The van der Waals surface area contributed by atoms with Crippen molar-refractivity contribution in [3.05, 3.63) is 68.8 Å². The normalized spacial score (nSPS) is 28.6. The summed E-state index contributed by atoms with van der Waals surface area (Å²) in [6.45, 7) is 10.2. The fraction of sp³-hybridized carbons (Fsp3) is 0.583. The van der Waals surface area contributed by atoms with Crippen LogP contribution in [-0.2, 0) is 39.8 Å². The molecule has 0 aliphatic heterocycles. The zero-order chi connectivity index (χ0) is 48.5. The quantitative estimate of drug-likeness (QED) is 0.0512. The molecule has 2 aromatic heterocycles. The maximum Gasteiger partial charge on any atom is 0.407 e. The molecule has 2 saturated carbocycles. The van der Waals surface area contributed by atoms with Gasteiger partial charge in [-0.25, -0.2) is 23.6 Å². The lowest BCUT2D eigenvalue weighted by atomic mass is 9.45. The molecule has 0 saturated heterocycles. The van der Waals surface area contributed by atoms with E-state index in [0.717, 1.165) is 21.9 Å². The fourth-order valence-corrected chi connectivity index (χ4v) is 11.2. The van der Waals surface area contributed by atoms with Crippen molar-refractivity contribution in [2.24, 2.45) is 28.6 Å². The number of alkyl halides is 1. The molecule has 4 aliphatic rings. The number of nitrogens with one attached hydrogen (secondary N) is 3. The number of ketones is 2. The molecule has 3 aromatic rings. The Morgan fingerprint density at radius 3 is 2.13 bits per heavy atom. The fourth-order valence-electron chi connectivity index (χ4n) is 11.2. The van der Waals surface area contributed by atoms with Gasteiger partial charge < -0.3 is 58.7 Å². The van der Waals surface area contributed by atoms with Crippen molar-refractivity contribution in [1.29, 1.82) is 0 Å². The van der Waals surface area contributed by atoms with Gasteiger partial charge in [-0.3, -0.25) is 9.59 Å². The second-order valence-corrected chi connectivity index (χ2v) is 18.5. The molecule has 5 N–H and O–H groups in total. The largest absolute Gasteiger partial charge is 0.461 e. The summed E-state index contributed by atoms with van der Waals surface area (Å²) in [5.74, 6) is -2.06. The van der Waals surface area contributed by atoms with Gasteiger partial charge in [0.15, 0.2) is 18.1 Å². The molecule has 8 atom stereocenters. The van der Waals surface area contributed by atoms with Crippen LogP contribution < -0.4 is 21.6 Å². The number of carbonyl (C=O) groups is 5. The summed E-state index contributed by atoms with van der Waals surface area (Å²) in [6.07, 6.45) is 1.47. The molecule has 0 spiro atoms. The lowest BCUT2D eigenvalue weighted by molar-refractivity contribution is -0.215. The molecule has 3 amide bonds. The maximum atomic E-state index is 17.4. The third kappa shape index (κ3) is 9.10. The summed E-state index contributed by atoms with van der Waals surface area (Å²) in [6, 6.07) is 3.31. The predicted molar refractivity (Wildman–Crippen MR) is 238 cm³/mol. The van der Waals surface area contributed by atoms with Gasteiger partial charge in [0.05, 0.1) is 39.1 Å². The van der Waals surface area contributed by atoms with Gasteiger partial charge >= 0.3 is 23.9 Å². The number of hydrogen-bond donors (Lipinski definition) is 5. The molecule has 19 heteroatoms. The number of rotatable bonds is 17. The zero-order valence-electron chi connectivity index (χ0n) is 38.7. The average molecular weight is 938 g/mol. The Morgan fingerprint density at radius 2 is 1.46 bits per heavy atom. The lowest BCUT2D eigenvalue weighted by Crippen LogP contribution is -2.69. The van der Waals surface area contributed by atoms with Crippen molar-refractivity contribution >= 4 is 51.8 Å². The van der Waals surface area contributed by atoms with Crippen LogP contribution in [0.25, 0.3) is 21.9 Å². The van der Waals surface area contributed by atoms with Gasteiger partial charge in [0.25, 0.3) is 0 Å². The predicted octanol–water partition coefficient (Wildman–Crippen LogP) is 5.09. The summed E-state index contributed by atoms with van der Waals surface area (Å²) < 4.78 is 55.0. The van der Waals surface area contributed by atoms with Crippen LogP contribution >= 0.6 is 0 Å². The van der Waals surface area contributed by atoms with Crippen molar-refractivity contribution in [2.75, 3.05) is 59.3 Å². The van der Waals surface area contributed by atoms with Crippen LogP contribution in [0.2, 0.25) is 0 Å². The van der Waals surface area contributed by atoms with Gasteiger partial charge in [0.1, 0.15) is 35.7 Å². The number of Topliss-reactive ketones (excluding diaryl/α,β-unsaturated/α-hetero) is 1. The number of fused-ring (bicyclic) bond motifs is 7. The zero-order valence-corrected chi connectivity index (χ0v) is 38.7. The van der Waals surface area contributed by atoms with E-state index in [0.29, 0.717) is 34.5 Å². The highest BCUT2D eigenvalue weighted by atomic mass is 19.1. The number of aryl methyl sites for hydroxylation is 3. The highest BCUT2D eigenvalue weighted by Gasteiger charge is 2.75. The average Bonchev–Trinajstić information content (AvgIpc) is 3.70. The van der Waals surface area contributed by atoms with Crippen LogP contribution in [0.1, 0.15) is 68.9 Å². The highest BCUT2D eigenvalue weighted by Crippen LogP contribution is 2.70. The first-order valence-electron chi connectivity index (χ1n) is 22.6. The molecule has 4 aliphatic carbocycles. The maximum absolute atomic E-state index is 17.4. The minimum atomic E-state index is -2.11. The monoisotopic (exact) mass is 937 g/mol. The van der Waals surface area contributed by atoms with Crippen LogP contribution in [0.5, 0.6) is 0 Å². The second kappa shape index (κ2) is 19.5. The Bertz CT molecular complexity index is 2550. The summed E-state index contributed by atoms with van der Waals surface area (Å²) in [7, 11) is 0. The molecule has 18 nitrogen and oxygen atoms in total. The van der Waals surface area contributed by atoms with E-state index in [1.165, 1.54) is 12.1 Å². The molecule has 2 fully saturated rings. The van der Waals surface area contributed by atoms with Gasteiger partial charge in [-0.15, -0.1) is 0 Å². The van der Waals surface area contributed by atoms with E-state index in [4.69, 9.17) is 32.5 Å². The number of allylic oxidation sites excluding steroid dienone is 4. The molecule has 67 heavy (non-hydrogen) atoms. The Hall–Kier alpha value is -5.63. The summed E-state index contributed by atoms with van der Waals surface area (Å²) >= 11 is 0. The molecular formula is C48H60FN3O15. The van der Waals surface area contributed by atoms with Crippen LogP contribution in [0.3, 0.4) is 0 Å². The number of ether oxygens (including phenoxy) is 5. The molecule has 7 rings (SSSR count). The molecule has 5 unspecified atom stereocenters. The number of amides is 3. The number of carbonyl (C=O) groups excluding carboxylic acids is 5. The van der Waals surface area contributed by atoms with Crippen LogP contribution in [0.15, 0.2) is 49.6 Å². The summed E-state index contributed by atoms with van der Waals surface area (Å²) in [5, 5.41) is 32.9. The third-order valence-corrected chi connectivity index (χ3v) is 14.7. The van der Waals surface area contributed by atoms with E-state index in [-0.39, 0.29) is 84.3 Å². The van der Waals surface area contributed by atoms with Gasteiger partial charge in [-0.1, -0.05) is 31.6 Å².